The van der Waals surface area contributed by atoms with Crippen molar-refractivity contribution < 1.29 is 9.50 Å². The summed E-state index contributed by atoms with van der Waals surface area (Å²) in [6, 6.07) is 8.70. The molecule has 1 aliphatic heterocycles. The van der Waals surface area contributed by atoms with Crippen molar-refractivity contribution in [2.45, 2.75) is 52.7 Å². The zero-order valence-corrected chi connectivity index (χ0v) is 20.4. The highest BCUT2D eigenvalue weighted by Crippen LogP contribution is 2.30. The Labute approximate surface area is 197 Å². The van der Waals surface area contributed by atoms with E-state index in [0.717, 1.165) is 21.6 Å². The van der Waals surface area contributed by atoms with Crippen LogP contribution in [0, 0.1) is 19.7 Å². The van der Waals surface area contributed by atoms with Crippen LogP contribution in [0.4, 0.5) is 10.3 Å². The van der Waals surface area contributed by atoms with Crippen LogP contribution in [0.3, 0.4) is 0 Å². The summed E-state index contributed by atoms with van der Waals surface area (Å²) in [5.41, 5.74) is 2.05. The molecule has 0 amide bonds. The monoisotopic (exact) mass is 468 g/mol. The highest BCUT2D eigenvalue weighted by atomic mass is 32.1. The van der Waals surface area contributed by atoms with Gasteiger partial charge in [0.2, 0.25) is 5.95 Å². The van der Waals surface area contributed by atoms with Crippen molar-refractivity contribution in [2.24, 2.45) is 0 Å². The van der Waals surface area contributed by atoms with E-state index in [1.807, 2.05) is 13.0 Å². The van der Waals surface area contributed by atoms with Crippen molar-refractivity contribution >= 4 is 22.9 Å². The predicted molar refractivity (Wildman–Crippen MR) is 130 cm³/mol. The lowest BCUT2D eigenvalue weighted by Crippen LogP contribution is -2.40. The molecule has 0 fully saturated rings. The van der Waals surface area contributed by atoms with Crippen LogP contribution in [0.2, 0.25) is 0 Å². The molecule has 6 nitrogen and oxygen atoms in total. The van der Waals surface area contributed by atoms with Crippen LogP contribution in [-0.2, 0) is 12.0 Å². The van der Waals surface area contributed by atoms with Gasteiger partial charge < -0.3 is 10.0 Å². The molecular weight excluding hydrogens is 439 g/mol. The van der Waals surface area contributed by atoms with Gasteiger partial charge in [0.1, 0.15) is 11.6 Å². The van der Waals surface area contributed by atoms with Gasteiger partial charge in [-0.05, 0) is 60.2 Å². The van der Waals surface area contributed by atoms with Gasteiger partial charge in [-0.3, -0.25) is 4.57 Å². The molecule has 3 aromatic rings. The Morgan fingerprint density at radius 2 is 1.94 bits per heavy atom. The fraction of sp³-hybridized carbons (Fsp3) is 0.400. The summed E-state index contributed by atoms with van der Waals surface area (Å²) < 4.78 is 15.0. The highest BCUT2D eigenvalue weighted by molar-refractivity contribution is 7.12. The summed E-state index contributed by atoms with van der Waals surface area (Å²) in [5.74, 6) is 0.584. The first-order valence-corrected chi connectivity index (χ1v) is 11.8. The largest absolute Gasteiger partial charge is 0.387 e. The number of aromatic nitrogens is 3. The molecule has 0 bridgehead atoms. The molecule has 1 atom stereocenters. The summed E-state index contributed by atoms with van der Waals surface area (Å²) in [5, 5.41) is 10.8. The molecule has 8 heteroatoms. The molecule has 1 N–H and O–H groups in total. The van der Waals surface area contributed by atoms with Crippen LogP contribution in [0.25, 0.3) is 5.57 Å². The Morgan fingerprint density at radius 1 is 1.18 bits per heavy atom. The number of hydrogen-bond acceptors (Lipinski definition) is 6. The third kappa shape index (κ3) is 4.91. The standard InChI is InChI=1S/C25H29FN4O2S/c1-15-12-17(26)6-8-19(15)20-10-11-29(14-21(20)31)23-27-16(2)30(24(32)28-23)13-18-7-9-22(33-18)25(3,4)5/h6-10,12,21,31H,11,13-14H2,1-5H3/t21-/m0/s1. The van der Waals surface area contributed by atoms with Crippen molar-refractivity contribution in [3.05, 3.63) is 79.4 Å². The first-order chi connectivity index (χ1) is 15.5. The SMILES string of the molecule is Cc1cc(F)ccc1C1=CCN(c2nc(C)n(Cc3ccc(C(C)(C)C)s3)c(=O)n2)C[C@@H]1O. The van der Waals surface area contributed by atoms with Gasteiger partial charge in [-0.15, -0.1) is 11.3 Å². The Hall–Kier alpha value is -2.84. The van der Waals surface area contributed by atoms with Gasteiger partial charge >= 0.3 is 5.69 Å². The molecule has 3 heterocycles. The second-order valence-corrected chi connectivity index (χ2v) is 10.7. The molecule has 0 saturated carbocycles. The van der Waals surface area contributed by atoms with Gasteiger partial charge in [-0.25, -0.2) is 9.18 Å². The van der Waals surface area contributed by atoms with Crippen molar-refractivity contribution in [3.63, 3.8) is 0 Å². The van der Waals surface area contributed by atoms with E-state index in [0.29, 0.717) is 24.9 Å². The molecule has 1 aromatic carbocycles. The van der Waals surface area contributed by atoms with E-state index in [9.17, 15) is 14.3 Å². The van der Waals surface area contributed by atoms with Crippen LogP contribution < -0.4 is 10.6 Å². The van der Waals surface area contributed by atoms with Crippen molar-refractivity contribution in [3.8, 4) is 0 Å². The maximum Gasteiger partial charge on any atom is 0.352 e. The molecule has 0 unspecified atom stereocenters. The van der Waals surface area contributed by atoms with Gasteiger partial charge in [0.05, 0.1) is 19.2 Å². The topological polar surface area (TPSA) is 71.2 Å². The number of rotatable bonds is 4. The Balaban J connectivity index is 1.55. The maximum absolute atomic E-state index is 13.5. The van der Waals surface area contributed by atoms with E-state index in [2.05, 4.69) is 42.9 Å². The first-order valence-electron chi connectivity index (χ1n) is 11.0. The van der Waals surface area contributed by atoms with E-state index in [4.69, 9.17) is 0 Å². The molecule has 0 saturated heterocycles. The van der Waals surface area contributed by atoms with Crippen molar-refractivity contribution in [2.75, 3.05) is 18.0 Å². The molecule has 0 radical (unpaired) electrons. The Kier molecular flexibility index (Phi) is 6.24. The fourth-order valence-corrected chi connectivity index (χ4v) is 5.04. The van der Waals surface area contributed by atoms with Crippen LogP contribution in [0.5, 0.6) is 0 Å². The van der Waals surface area contributed by atoms with E-state index in [1.165, 1.54) is 17.0 Å². The summed E-state index contributed by atoms with van der Waals surface area (Å²) in [7, 11) is 0. The molecule has 0 spiro atoms. The number of β-amino-alcohol motifs (C(OH)–C–C–N with tert-alkyl or cyclic N) is 1. The van der Waals surface area contributed by atoms with Crippen molar-refractivity contribution in [1.82, 2.24) is 14.5 Å². The summed E-state index contributed by atoms with van der Waals surface area (Å²) >= 11 is 1.69. The van der Waals surface area contributed by atoms with Crippen LogP contribution in [-0.4, -0.2) is 38.8 Å². The number of anilines is 1. The third-order valence-electron chi connectivity index (χ3n) is 5.86. The van der Waals surface area contributed by atoms with Crippen LogP contribution in [0.1, 0.15) is 47.5 Å². The summed E-state index contributed by atoms with van der Waals surface area (Å²) in [6.45, 7) is 11.3. The lowest BCUT2D eigenvalue weighted by molar-refractivity contribution is 0.233. The Bertz CT molecular complexity index is 1270. The van der Waals surface area contributed by atoms with E-state index >= 15 is 0 Å². The molecule has 33 heavy (non-hydrogen) atoms. The smallest absolute Gasteiger partial charge is 0.352 e. The zero-order chi connectivity index (χ0) is 23.9. The maximum atomic E-state index is 13.5. The molecule has 4 rings (SSSR count). The van der Waals surface area contributed by atoms with Crippen molar-refractivity contribution in [1.29, 1.82) is 0 Å². The number of aryl methyl sites for hydroxylation is 2. The molecule has 2 aromatic heterocycles. The second kappa shape index (κ2) is 8.83. The summed E-state index contributed by atoms with van der Waals surface area (Å²) in [4.78, 5) is 25.7. The molecule has 0 aliphatic carbocycles. The third-order valence-corrected chi connectivity index (χ3v) is 7.36. The highest BCUT2D eigenvalue weighted by Gasteiger charge is 2.25. The minimum Gasteiger partial charge on any atom is -0.387 e. The quantitative estimate of drug-likeness (QED) is 0.625. The average Bonchev–Trinajstić information content (AvgIpc) is 3.20. The minimum atomic E-state index is -0.795. The number of halogens is 1. The van der Waals surface area contributed by atoms with Gasteiger partial charge in [-0.2, -0.15) is 9.97 Å². The number of thiophene rings is 1. The zero-order valence-electron chi connectivity index (χ0n) is 19.6. The minimum absolute atomic E-state index is 0.0667. The number of aliphatic hydroxyl groups is 1. The van der Waals surface area contributed by atoms with Gasteiger partial charge in [-0.1, -0.05) is 32.9 Å². The summed E-state index contributed by atoms with van der Waals surface area (Å²) in [6.07, 6.45) is 1.09. The molecular formula is C25H29FN4O2S. The fourth-order valence-electron chi connectivity index (χ4n) is 3.99. The lowest BCUT2D eigenvalue weighted by Gasteiger charge is -2.31. The van der Waals surface area contributed by atoms with E-state index < -0.39 is 6.10 Å². The number of hydrogen-bond donors (Lipinski definition) is 1. The normalized spacial score (nSPS) is 16.8. The number of nitrogens with zero attached hydrogens (tertiary/aromatic N) is 4. The van der Waals surface area contributed by atoms with Gasteiger partial charge in [0, 0.05) is 16.3 Å². The number of aliphatic hydroxyl groups excluding tert-OH is 1. The van der Waals surface area contributed by atoms with Gasteiger partial charge in [0.15, 0.2) is 0 Å². The van der Waals surface area contributed by atoms with E-state index in [1.54, 1.807) is 33.8 Å². The average molecular weight is 469 g/mol. The predicted octanol–water partition coefficient (Wildman–Crippen LogP) is 4.07. The second-order valence-electron chi connectivity index (χ2n) is 9.49. The first kappa shape index (κ1) is 23.3. The molecule has 1 aliphatic rings. The van der Waals surface area contributed by atoms with Crippen LogP contribution in [0.15, 0.2) is 41.2 Å². The van der Waals surface area contributed by atoms with E-state index in [-0.39, 0.29) is 23.5 Å². The van der Waals surface area contributed by atoms with Crippen LogP contribution >= 0.6 is 11.3 Å². The number of benzene rings is 1. The molecule has 174 valence electrons. The lowest BCUT2D eigenvalue weighted by atomic mass is 9.93. The Morgan fingerprint density at radius 3 is 2.55 bits per heavy atom. The van der Waals surface area contributed by atoms with Gasteiger partial charge in [0.25, 0.3) is 0 Å².